The topological polar surface area (TPSA) is 134 Å². The number of carbonyl (C=O) groups excluding carboxylic acids is 3. The Balaban J connectivity index is 1.96. The van der Waals surface area contributed by atoms with Crippen molar-refractivity contribution in [1.82, 2.24) is 10.8 Å². The number of hydroxylamine groups is 1. The Bertz CT molecular complexity index is 1180. The Hall–Kier alpha value is -4.21. The molecule has 9 heteroatoms. The molecule has 0 aliphatic carbocycles. The molecule has 3 aromatic carbocycles. The molecular formula is C24H22N2O7. The van der Waals surface area contributed by atoms with Crippen LogP contribution in [0.4, 0.5) is 4.79 Å². The molecule has 0 saturated heterocycles. The van der Waals surface area contributed by atoms with Gasteiger partial charge in [-0.3, -0.25) is 20.1 Å². The van der Waals surface area contributed by atoms with Crippen molar-refractivity contribution in [1.29, 1.82) is 0 Å². The molecule has 0 saturated carbocycles. The highest BCUT2D eigenvalue weighted by molar-refractivity contribution is 6.03. The van der Waals surface area contributed by atoms with Crippen molar-refractivity contribution in [2.45, 2.75) is 12.2 Å². The standard InChI is InChI=1S/C24H22N2O7/c1-32-20(13-14-21(28)26-31)22(18-11-12-19(27)17-10-6-5-9-16(17)18)33-24(30)25-23(29)15-7-3-2-4-8-15/h2-14,20,22,27,31H,1H3,(H,26,28)(H,25,29,30)/b14-13+/t20-,22-/m0/s1. The van der Waals surface area contributed by atoms with Crippen molar-refractivity contribution < 1.29 is 34.2 Å². The minimum atomic E-state index is -1.12. The number of rotatable bonds is 7. The number of benzene rings is 3. The van der Waals surface area contributed by atoms with Crippen LogP contribution in [0.3, 0.4) is 0 Å². The molecule has 0 aromatic heterocycles. The van der Waals surface area contributed by atoms with Crippen LogP contribution in [0.5, 0.6) is 5.75 Å². The number of nitrogens with one attached hydrogen (secondary N) is 2. The van der Waals surface area contributed by atoms with E-state index < -0.39 is 30.1 Å². The fraction of sp³-hybridized carbons (Fsp3) is 0.125. The maximum atomic E-state index is 12.6. The molecule has 4 N–H and O–H groups in total. The molecule has 0 unspecified atom stereocenters. The molecular weight excluding hydrogens is 428 g/mol. The summed E-state index contributed by atoms with van der Waals surface area (Å²) in [4.78, 5) is 36.4. The van der Waals surface area contributed by atoms with E-state index in [0.29, 0.717) is 16.3 Å². The zero-order valence-corrected chi connectivity index (χ0v) is 17.6. The van der Waals surface area contributed by atoms with Crippen molar-refractivity contribution in [2.75, 3.05) is 7.11 Å². The van der Waals surface area contributed by atoms with Gasteiger partial charge in [0.25, 0.3) is 11.8 Å². The molecule has 3 rings (SSSR count). The summed E-state index contributed by atoms with van der Waals surface area (Å²) >= 11 is 0. The minimum absolute atomic E-state index is 0.0287. The summed E-state index contributed by atoms with van der Waals surface area (Å²) in [5.41, 5.74) is 2.20. The number of phenols is 1. The first-order valence-electron chi connectivity index (χ1n) is 9.87. The Kier molecular flexibility index (Phi) is 7.74. The quantitative estimate of drug-likeness (QED) is 0.247. The molecule has 0 fully saturated rings. The Morgan fingerprint density at radius 3 is 2.27 bits per heavy atom. The zero-order chi connectivity index (χ0) is 23.8. The first kappa shape index (κ1) is 23.5. The summed E-state index contributed by atoms with van der Waals surface area (Å²) < 4.78 is 11.0. The second-order valence-corrected chi connectivity index (χ2v) is 6.90. The van der Waals surface area contributed by atoms with Crippen LogP contribution in [0.15, 0.2) is 78.9 Å². The SMILES string of the molecule is CO[C@@H](/C=C/C(=O)NO)[C@@H](OC(=O)NC(=O)c1ccccc1)c1ccc(O)c2ccccc12. The average Bonchev–Trinajstić information content (AvgIpc) is 2.84. The summed E-state index contributed by atoms with van der Waals surface area (Å²) in [6.07, 6.45) is -0.822. The lowest BCUT2D eigenvalue weighted by molar-refractivity contribution is -0.124. The highest BCUT2D eigenvalue weighted by Crippen LogP contribution is 2.35. The van der Waals surface area contributed by atoms with E-state index in [1.54, 1.807) is 60.7 Å². The van der Waals surface area contributed by atoms with Crippen LogP contribution in [0.2, 0.25) is 0 Å². The van der Waals surface area contributed by atoms with Crippen LogP contribution >= 0.6 is 0 Å². The number of imide groups is 1. The summed E-state index contributed by atoms with van der Waals surface area (Å²) in [5.74, 6) is -1.44. The van der Waals surface area contributed by atoms with E-state index >= 15 is 0 Å². The molecule has 33 heavy (non-hydrogen) atoms. The largest absolute Gasteiger partial charge is 0.507 e. The van der Waals surface area contributed by atoms with E-state index in [9.17, 15) is 19.5 Å². The predicted molar refractivity (Wildman–Crippen MR) is 119 cm³/mol. The lowest BCUT2D eigenvalue weighted by Gasteiger charge is -2.25. The van der Waals surface area contributed by atoms with Crippen LogP contribution in [0.1, 0.15) is 22.0 Å². The summed E-state index contributed by atoms with van der Waals surface area (Å²) in [7, 11) is 1.35. The third-order valence-electron chi connectivity index (χ3n) is 4.84. The van der Waals surface area contributed by atoms with Crippen LogP contribution in [-0.4, -0.2) is 41.4 Å². The van der Waals surface area contributed by atoms with E-state index in [1.807, 2.05) is 0 Å². The fourth-order valence-corrected chi connectivity index (χ4v) is 3.28. The molecule has 3 amide bonds. The van der Waals surface area contributed by atoms with Gasteiger partial charge in [-0.15, -0.1) is 0 Å². The van der Waals surface area contributed by atoms with Crippen LogP contribution in [-0.2, 0) is 14.3 Å². The Morgan fingerprint density at radius 1 is 0.939 bits per heavy atom. The predicted octanol–water partition coefficient (Wildman–Crippen LogP) is 3.23. The molecule has 170 valence electrons. The number of ether oxygens (including phenoxy) is 2. The minimum Gasteiger partial charge on any atom is -0.507 e. The Morgan fingerprint density at radius 2 is 1.61 bits per heavy atom. The van der Waals surface area contributed by atoms with Gasteiger partial charge < -0.3 is 14.6 Å². The number of carbonyl (C=O) groups is 3. The number of fused-ring (bicyclic) bond motifs is 1. The molecule has 3 aromatic rings. The fourth-order valence-electron chi connectivity index (χ4n) is 3.28. The van der Waals surface area contributed by atoms with Gasteiger partial charge in [0.2, 0.25) is 0 Å². The van der Waals surface area contributed by atoms with E-state index in [4.69, 9.17) is 14.7 Å². The third kappa shape index (κ3) is 5.73. The highest BCUT2D eigenvalue weighted by Gasteiger charge is 2.28. The summed E-state index contributed by atoms with van der Waals surface area (Å²) in [6, 6.07) is 18.0. The van der Waals surface area contributed by atoms with Gasteiger partial charge in [-0.1, -0.05) is 48.5 Å². The summed E-state index contributed by atoms with van der Waals surface area (Å²) in [5, 5.41) is 22.2. The number of amides is 3. The highest BCUT2D eigenvalue weighted by atomic mass is 16.6. The van der Waals surface area contributed by atoms with E-state index in [2.05, 4.69) is 5.32 Å². The molecule has 2 atom stereocenters. The second kappa shape index (κ2) is 10.9. The number of phenolic OH excluding ortho intramolecular Hbond substituents is 1. The van der Waals surface area contributed by atoms with E-state index in [1.165, 1.54) is 24.7 Å². The number of methoxy groups -OCH3 is 1. The van der Waals surface area contributed by atoms with Gasteiger partial charge in [-0.2, -0.15) is 0 Å². The summed E-state index contributed by atoms with van der Waals surface area (Å²) in [6.45, 7) is 0. The molecule has 0 aliphatic heterocycles. The number of hydrogen-bond acceptors (Lipinski definition) is 7. The van der Waals surface area contributed by atoms with Gasteiger partial charge in [0.1, 0.15) is 11.9 Å². The van der Waals surface area contributed by atoms with Crippen molar-refractivity contribution in [3.8, 4) is 5.75 Å². The average molecular weight is 450 g/mol. The van der Waals surface area contributed by atoms with Crippen molar-refractivity contribution >= 4 is 28.7 Å². The number of alkyl carbamates (subject to hydrolysis) is 1. The number of aromatic hydroxyl groups is 1. The molecule has 0 heterocycles. The number of hydrogen-bond donors (Lipinski definition) is 4. The first-order valence-corrected chi connectivity index (χ1v) is 9.87. The van der Waals surface area contributed by atoms with Gasteiger partial charge >= 0.3 is 6.09 Å². The maximum Gasteiger partial charge on any atom is 0.414 e. The van der Waals surface area contributed by atoms with Crippen LogP contribution < -0.4 is 10.8 Å². The van der Waals surface area contributed by atoms with Crippen LogP contribution in [0.25, 0.3) is 10.8 Å². The van der Waals surface area contributed by atoms with Gasteiger partial charge in [-0.25, -0.2) is 10.3 Å². The zero-order valence-electron chi connectivity index (χ0n) is 17.6. The Labute approximate surface area is 189 Å². The second-order valence-electron chi connectivity index (χ2n) is 6.90. The lowest BCUT2D eigenvalue weighted by atomic mass is 9.96. The van der Waals surface area contributed by atoms with Gasteiger partial charge in [-0.05, 0) is 29.7 Å². The van der Waals surface area contributed by atoms with E-state index in [0.717, 1.165) is 6.08 Å². The van der Waals surface area contributed by atoms with Gasteiger partial charge in [0.15, 0.2) is 6.10 Å². The maximum absolute atomic E-state index is 12.6. The van der Waals surface area contributed by atoms with Crippen LogP contribution in [0, 0.1) is 0 Å². The molecule has 9 nitrogen and oxygen atoms in total. The monoisotopic (exact) mass is 450 g/mol. The van der Waals surface area contributed by atoms with Gasteiger partial charge in [0.05, 0.1) is 0 Å². The van der Waals surface area contributed by atoms with E-state index in [-0.39, 0.29) is 11.3 Å². The molecule has 0 bridgehead atoms. The van der Waals surface area contributed by atoms with Crippen molar-refractivity contribution in [2.24, 2.45) is 0 Å². The van der Waals surface area contributed by atoms with Crippen molar-refractivity contribution in [3.05, 3.63) is 90.0 Å². The van der Waals surface area contributed by atoms with Gasteiger partial charge in [0, 0.05) is 29.7 Å². The molecule has 0 radical (unpaired) electrons. The normalized spacial score (nSPS) is 12.8. The molecule has 0 spiro atoms. The molecule has 0 aliphatic rings. The smallest absolute Gasteiger partial charge is 0.414 e. The third-order valence-corrected chi connectivity index (χ3v) is 4.84. The first-order chi connectivity index (χ1) is 15.9. The lowest BCUT2D eigenvalue weighted by Crippen LogP contribution is -2.35. The van der Waals surface area contributed by atoms with Crippen molar-refractivity contribution in [3.63, 3.8) is 0 Å².